The van der Waals surface area contributed by atoms with Crippen molar-refractivity contribution in [1.82, 2.24) is 20.4 Å². The molecule has 0 spiro atoms. The van der Waals surface area contributed by atoms with Crippen molar-refractivity contribution in [3.05, 3.63) is 65.2 Å². The Bertz CT molecular complexity index is 1060. The van der Waals surface area contributed by atoms with Gasteiger partial charge in [-0.05, 0) is 42.9 Å². The molecule has 4 rings (SSSR count). The number of amides is 3. The van der Waals surface area contributed by atoms with Gasteiger partial charge >= 0.3 is 0 Å². The molecular formula is C29H38N4O4. The van der Waals surface area contributed by atoms with Crippen molar-refractivity contribution in [2.45, 2.75) is 51.6 Å². The van der Waals surface area contributed by atoms with Crippen molar-refractivity contribution in [2.75, 3.05) is 39.3 Å². The molecular weight excluding hydrogens is 468 g/mol. The Kier molecular flexibility index (Phi) is 9.94. The van der Waals surface area contributed by atoms with E-state index < -0.39 is 0 Å². The van der Waals surface area contributed by atoms with Crippen molar-refractivity contribution in [3.63, 3.8) is 0 Å². The summed E-state index contributed by atoms with van der Waals surface area (Å²) < 4.78 is 6.15. The number of hydrogen-bond donors (Lipinski definition) is 2. The number of carbonyl (C=O) groups excluding carboxylic acids is 3. The van der Waals surface area contributed by atoms with Gasteiger partial charge in [0.15, 0.2) is 0 Å². The predicted molar refractivity (Wildman–Crippen MR) is 142 cm³/mol. The summed E-state index contributed by atoms with van der Waals surface area (Å²) >= 11 is 0. The van der Waals surface area contributed by atoms with Gasteiger partial charge in [0.05, 0.1) is 19.6 Å². The van der Waals surface area contributed by atoms with Crippen molar-refractivity contribution < 1.29 is 19.1 Å². The van der Waals surface area contributed by atoms with Gasteiger partial charge in [-0.25, -0.2) is 0 Å². The molecule has 2 aliphatic heterocycles. The second-order valence-corrected chi connectivity index (χ2v) is 9.84. The van der Waals surface area contributed by atoms with Crippen LogP contribution >= 0.6 is 0 Å². The molecule has 0 bridgehead atoms. The maximum absolute atomic E-state index is 12.7. The first-order valence-corrected chi connectivity index (χ1v) is 13.4. The van der Waals surface area contributed by atoms with E-state index in [2.05, 4.69) is 27.7 Å². The molecule has 0 unspecified atom stereocenters. The van der Waals surface area contributed by atoms with E-state index in [1.165, 1.54) is 0 Å². The second-order valence-electron chi connectivity index (χ2n) is 9.84. The molecule has 0 aliphatic carbocycles. The third-order valence-corrected chi connectivity index (χ3v) is 6.78. The van der Waals surface area contributed by atoms with Crippen molar-refractivity contribution in [1.29, 1.82) is 0 Å². The minimum atomic E-state index is -0.0716. The summed E-state index contributed by atoms with van der Waals surface area (Å²) in [6, 6.07) is 16.0. The lowest BCUT2D eigenvalue weighted by molar-refractivity contribution is -0.128. The summed E-state index contributed by atoms with van der Waals surface area (Å²) in [4.78, 5) is 41.0. The third-order valence-electron chi connectivity index (χ3n) is 6.78. The van der Waals surface area contributed by atoms with Crippen LogP contribution in [0.4, 0.5) is 0 Å². The lowest BCUT2D eigenvalue weighted by atomic mass is 10.1. The minimum Gasteiger partial charge on any atom is -0.493 e. The fourth-order valence-corrected chi connectivity index (χ4v) is 4.85. The van der Waals surface area contributed by atoms with E-state index in [0.29, 0.717) is 45.8 Å². The second kappa shape index (κ2) is 13.8. The van der Waals surface area contributed by atoms with Crippen molar-refractivity contribution in [2.24, 2.45) is 0 Å². The summed E-state index contributed by atoms with van der Waals surface area (Å²) in [6.45, 7) is 4.53. The Morgan fingerprint density at radius 2 is 1.84 bits per heavy atom. The highest BCUT2D eigenvalue weighted by atomic mass is 16.5. The van der Waals surface area contributed by atoms with Crippen LogP contribution < -0.4 is 15.4 Å². The number of ether oxygens (including phenoxy) is 1. The molecule has 0 aromatic heterocycles. The first-order chi connectivity index (χ1) is 18.1. The zero-order chi connectivity index (χ0) is 25.9. The monoisotopic (exact) mass is 506 g/mol. The zero-order valence-corrected chi connectivity index (χ0v) is 21.5. The molecule has 0 atom stereocenters. The van der Waals surface area contributed by atoms with Gasteiger partial charge in [0, 0.05) is 51.3 Å². The van der Waals surface area contributed by atoms with Gasteiger partial charge in [0.2, 0.25) is 17.7 Å². The van der Waals surface area contributed by atoms with Gasteiger partial charge in [-0.1, -0.05) is 42.5 Å². The molecule has 8 nitrogen and oxygen atoms in total. The van der Waals surface area contributed by atoms with Crippen molar-refractivity contribution >= 4 is 17.7 Å². The van der Waals surface area contributed by atoms with E-state index in [1.807, 2.05) is 36.4 Å². The van der Waals surface area contributed by atoms with Crippen LogP contribution in [-0.4, -0.2) is 66.9 Å². The average Bonchev–Trinajstić information content (AvgIpc) is 3.29. The largest absolute Gasteiger partial charge is 0.493 e. The Labute approximate surface area is 219 Å². The topological polar surface area (TPSA) is 91.0 Å². The molecule has 2 N–H and O–H groups in total. The van der Waals surface area contributed by atoms with Gasteiger partial charge in [-0.2, -0.15) is 0 Å². The lowest BCUT2D eigenvalue weighted by Crippen LogP contribution is -2.37. The number of rotatable bonds is 7. The molecule has 3 amide bonds. The summed E-state index contributed by atoms with van der Waals surface area (Å²) in [5, 5.41) is 5.98. The molecule has 8 heteroatoms. The van der Waals surface area contributed by atoms with E-state index in [0.717, 1.165) is 54.7 Å². The van der Waals surface area contributed by atoms with Gasteiger partial charge in [0.25, 0.3) is 0 Å². The minimum absolute atomic E-state index is 0.0182. The molecule has 0 radical (unpaired) electrons. The van der Waals surface area contributed by atoms with Crippen LogP contribution in [0.3, 0.4) is 0 Å². The number of likely N-dealkylation sites (tertiary alicyclic amines) is 1. The van der Waals surface area contributed by atoms with Gasteiger partial charge in [0.1, 0.15) is 5.75 Å². The SMILES string of the molecule is O=C(Cc1ccc2c(c1)CN(Cc1ccccc1)CC(=O)NCCCCCO2)NCCN1CCCC1=O. The molecule has 2 aromatic carbocycles. The summed E-state index contributed by atoms with van der Waals surface area (Å²) in [7, 11) is 0. The highest BCUT2D eigenvalue weighted by Gasteiger charge is 2.20. The fraction of sp³-hybridized carbons (Fsp3) is 0.483. The zero-order valence-electron chi connectivity index (χ0n) is 21.5. The standard InChI is InChI=1S/C29H38N4O4/c34-27(31-14-16-33-15-7-10-29(33)36)19-24-11-12-26-25(18-24)21-32(20-23-8-3-1-4-9-23)22-28(35)30-13-5-2-6-17-37-26/h1,3-4,8-9,11-12,18H,2,5-7,10,13-17,19-22H2,(H,30,35)(H,31,34). The fourth-order valence-electron chi connectivity index (χ4n) is 4.85. The van der Waals surface area contributed by atoms with E-state index in [9.17, 15) is 14.4 Å². The van der Waals surface area contributed by atoms with Crippen LogP contribution in [-0.2, 0) is 33.9 Å². The summed E-state index contributed by atoms with van der Waals surface area (Å²) in [5.41, 5.74) is 3.00. The molecule has 2 aromatic rings. The Balaban J connectivity index is 1.45. The third kappa shape index (κ3) is 8.60. The molecule has 37 heavy (non-hydrogen) atoms. The number of fused-ring (bicyclic) bond motifs is 1. The normalized spacial score (nSPS) is 17.6. The van der Waals surface area contributed by atoms with Gasteiger partial charge < -0.3 is 20.3 Å². The lowest BCUT2D eigenvalue weighted by Gasteiger charge is -2.24. The highest BCUT2D eigenvalue weighted by Crippen LogP contribution is 2.24. The summed E-state index contributed by atoms with van der Waals surface area (Å²) in [6.07, 6.45) is 4.60. The Hall–Kier alpha value is -3.39. The highest BCUT2D eigenvalue weighted by molar-refractivity contribution is 5.80. The summed E-state index contributed by atoms with van der Waals surface area (Å²) in [5.74, 6) is 0.912. The molecule has 2 heterocycles. The molecule has 1 fully saturated rings. The molecule has 2 aliphatic rings. The van der Waals surface area contributed by atoms with Crippen LogP contribution in [0.25, 0.3) is 0 Å². The number of hydrogen-bond acceptors (Lipinski definition) is 5. The maximum Gasteiger partial charge on any atom is 0.234 e. The van der Waals surface area contributed by atoms with Crippen LogP contribution in [0.5, 0.6) is 5.75 Å². The maximum atomic E-state index is 12.7. The number of benzene rings is 2. The Morgan fingerprint density at radius 3 is 2.65 bits per heavy atom. The smallest absolute Gasteiger partial charge is 0.234 e. The van der Waals surface area contributed by atoms with E-state index in [4.69, 9.17) is 4.74 Å². The first-order valence-electron chi connectivity index (χ1n) is 13.4. The van der Waals surface area contributed by atoms with Crippen LogP contribution in [0.2, 0.25) is 0 Å². The predicted octanol–water partition coefficient (Wildman–Crippen LogP) is 2.65. The van der Waals surface area contributed by atoms with E-state index in [1.54, 1.807) is 4.90 Å². The van der Waals surface area contributed by atoms with Crippen molar-refractivity contribution in [3.8, 4) is 5.75 Å². The molecule has 198 valence electrons. The Morgan fingerprint density at radius 1 is 0.973 bits per heavy atom. The first kappa shape index (κ1) is 26.7. The van der Waals surface area contributed by atoms with E-state index >= 15 is 0 Å². The van der Waals surface area contributed by atoms with Gasteiger partial charge in [-0.15, -0.1) is 0 Å². The number of nitrogens with one attached hydrogen (secondary N) is 2. The van der Waals surface area contributed by atoms with Crippen LogP contribution in [0, 0.1) is 0 Å². The van der Waals surface area contributed by atoms with E-state index in [-0.39, 0.29) is 30.7 Å². The quantitative estimate of drug-likeness (QED) is 0.603. The van der Waals surface area contributed by atoms with Crippen LogP contribution in [0.15, 0.2) is 48.5 Å². The molecule has 0 saturated carbocycles. The molecule has 1 saturated heterocycles. The average molecular weight is 507 g/mol. The number of nitrogens with zero attached hydrogens (tertiary/aromatic N) is 2. The van der Waals surface area contributed by atoms with Crippen LogP contribution in [0.1, 0.15) is 48.8 Å². The number of carbonyl (C=O) groups is 3. The van der Waals surface area contributed by atoms with Gasteiger partial charge in [-0.3, -0.25) is 19.3 Å².